The molecule has 138 valence electrons. The number of para-hydroxylation sites is 1. The Hall–Kier alpha value is -2.55. The van der Waals surface area contributed by atoms with Gasteiger partial charge in [0.15, 0.2) is 0 Å². The van der Waals surface area contributed by atoms with Crippen molar-refractivity contribution in [3.05, 3.63) is 72.6 Å². The topological polar surface area (TPSA) is 101 Å². The van der Waals surface area contributed by atoms with Gasteiger partial charge in [-0.05, 0) is 35.5 Å². The average molecular weight is 425 g/mol. The van der Waals surface area contributed by atoms with E-state index in [0.29, 0.717) is 27.4 Å². The molecule has 0 saturated carbocycles. The summed E-state index contributed by atoms with van der Waals surface area (Å²) in [5.74, 6) is -1.14. The van der Waals surface area contributed by atoms with Gasteiger partial charge in [-0.1, -0.05) is 41.4 Å². The molecule has 1 fully saturated rings. The molecule has 1 aliphatic rings. The fraction of sp³-hybridized carbons (Fsp3) is 0.0588. The largest absolute Gasteiger partial charge is 0.502 e. The van der Waals surface area contributed by atoms with Gasteiger partial charge in [-0.25, -0.2) is 0 Å². The fourth-order valence-electron chi connectivity index (χ4n) is 2.41. The highest BCUT2D eigenvalue weighted by Gasteiger charge is 2.35. The highest BCUT2D eigenvalue weighted by Crippen LogP contribution is 2.37. The number of hydrogen-bond acceptors (Lipinski definition) is 6. The van der Waals surface area contributed by atoms with E-state index in [1.807, 2.05) is 0 Å². The molecular weight excluding hydrogens is 415 g/mol. The van der Waals surface area contributed by atoms with Gasteiger partial charge in [0.1, 0.15) is 0 Å². The van der Waals surface area contributed by atoms with Crippen molar-refractivity contribution in [2.24, 2.45) is 0 Å². The summed E-state index contributed by atoms with van der Waals surface area (Å²) in [6, 6.07) is 8.70. The lowest BCUT2D eigenvalue weighted by Crippen LogP contribution is -2.27. The Kier molecular flexibility index (Phi) is 5.41. The van der Waals surface area contributed by atoms with E-state index >= 15 is 0 Å². The minimum Gasteiger partial charge on any atom is -0.502 e. The maximum atomic E-state index is 12.5. The number of amides is 2. The van der Waals surface area contributed by atoms with E-state index in [9.17, 15) is 24.8 Å². The van der Waals surface area contributed by atoms with Crippen LogP contribution >= 0.6 is 35.0 Å². The Morgan fingerprint density at radius 3 is 2.59 bits per heavy atom. The number of carbonyl (C=O) groups is 2. The number of phenolic OH excluding ortho intramolecular Hbond substituents is 1. The quantitative estimate of drug-likeness (QED) is 0.427. The van der Waals surface area contributed by atoms with Gasteiger partial charge < -0.3 is 5.11 Å². The summed E-state index contributed by atoms with van der Waals surface area (Å²) < 4.78 is 0. The van der Waals surface area contributed by atoms with Gasteiger partial charge in [0, 0.05) is 11.6 Å². The minimum absolute atomic E-state index is 0.000183. The van der Waals surface area contributed by atoms with Gasteiger partial charge in [0.05, 0.1) is 26.4 Å². The van der Waals surface area contributed by atoms with Crippen LogP contribution in [0.1, 0.15) is 11.1 Å². The predicted octanol–water partition coefficient (Wildman–Crippen LogP) is 4.84. The molecule has 10 heteroatoms. The molecule has 0 aromatic heterocycles. The molecular formula is C17H10Cl2N2O5S. The summed E-state index contributed by atoms with van der Waals surface area (Å²) in [5, 5.41) is 21.1. The number of halogens is 2. The number of hydrogen-bond donors (Lipinski definition) is 1. The molecule has 0 bridgehead atoms. The van der Waals surface area contributed by atoms with E-state index in [0.717, 1.165) is 11.0 Å². The number of benzene rings is 2. The molecule has 0 unspecified atom stereocenters. The normalized spacial score (nSPS) is 15.6. The lowest BCUT2D eigenvalue weighted by molar-refractivity contribution is -0.385. The Bertz CT molecular complexity index is 1010. The van der Waals surface area contributed by atoms with Crippen LogP contribution in [0.4, 0.5) is 10.5 Å². The molecule has 2 amide bonds. The first kappa shape index (κ1) is 19.2. The van der Waals surface area contributed by atoms with Crippen LogP contribution in [0.25, 0.3) is 6.08 Å². The molecule has 0 aliphatic carbocycles. The Balaban J connectivity index is 1.88. The maximum absolute atomic E-state index is 12.5. The monoisotopic (exact) mass is 424 g/mol. The smallest absolute Gasteiger partial charge is 0.311 e. The molecule has 1 N–H and O–H groups in total. The minimum atomic E-state index is -0.733. The van der Waals surface area contributed by atoms with E-state index < -0.39 is 27.5 Å². The third-order valence-electron chi connectivity index (χ3n) is 3.73. The summed E-state index contributed by atoms with van der Waals surface area (Å²) in [6.07, 6.45) is 1.25. The molecule has 0 radical (unpaired) electrons. The number of carbonyl (C=O) groups excluding carboxylic acids is 2. The molecule has 3 rings (SSSR count). The van der Waals surface area contributed by atoms with Gasteiger partial charge in [-0.2, -0.15) is 0 Å². The van der Waals surface area contributed by atoms with Crippen LogP contribution < -0.4 is 0 Å². The van der Waals surface area contributed by atoms with Gasteiger partial charge in [-0.3, -0.25) is 24.6 Å². The van der Waals surface area contributed by atoms with Crippen molar-refractivity contribution in [3.8, 4) is 5.75 Å². The van der Waals surface area contributed by atoms with Crippen LogP contribution in [0.3, 0.4) is 0 Å². The summed E-state index contributed by atoms with van der Waals surface area (Å²) in [7, 11) is 0. The van der Waals surface area contributed by atoms with Crippen LogP contribution in [0, 0.1) is 10.1 Å². The molecule has 1 saturated heterocycles. The van der Waals surface area contributed by atoms with E-state index in [1.54, 1.807) is 18.2 Å². The van der Waals surface area contributed by atoms with Crippen LogP contribution in [0.5, 0.6) is 5.75 Å². The third-order valence-corrected chi connectivity index (χ3v) is 5.37. The average Bonchev–Trinajstić information content (AvgIpc) is 2.87. The highest BCUT2D eigenvalue weighted by atomic mass is 35.5. The van der Waals surface area contributed by atoms with Crippen LogP contribution in [-0.2, 0) is 11.3 Å². The number of nitro benzene ring substituents is 1. The zero-order chi connectivity index (χ0) is 19.7. The number of aromatic hydroxyl groups is 1. The maximum Gasteiger partial charge on any atom is 0.311 e. The number of thioether (sulfide) groups is 1. The third kappa shape index (κ3) is 3.92. The van der Waals surface area contributed by atoms with E-state index in [4.69, 9.17) is 23.2 Å². The van der Waals surface area contributed by atoms with Crippen molar-refractivity contribution in [1.82, 2.24) is 4.90 Å². The summed E-state index contributed by atoms with van der Waals surface area (Å²) in [4.78, 5) is 36.0. The molecule has 2 aromatic rings. The van der Waals surface area contributed by atoms with Crippen LogP contribution in [-0.4, -0.2) is 26.1 Å². The van der Waals surface area contributed by atoms with Gasteiger partial charge in [0.2, 0.25) is 5.75 Å². The molecule has 0 atom stereocenters. The predicted molar refractivity (Wildman–Crippen MR) is 103 cm³/mol. The molecule has 2 aromatic carbocycles. The lowest BCUT2D eigenvalue weighted by atomic mass is 10.1. The molecule has 1 aliphatic heterocycles. The van der Waals surface area contributed by atoms with Gasteiger partial charge in [-0.15, -0.1) is 0 Å². The molecule has 0 spiro atoms. The second-order valence-electron chi connectivity index (χ2n) is 5.49. The van der Waals surface area contributed by atoms with Crippen molar-refractivity contribution in [1.29, 1.82) is 0 Å². The molecule has 27 heavy (non-hydrogen) atoms. The Morgan fingerprint density at radius 1 is 1.19 bits per heavy atom. The van der Waals surface area contributed by atoms with Crippen molar-refractivity contribution in [2.75, 3.05) is 0 Å². The Labute approximate surface area is 167 Å². The van der Waals surface area contributed by atoms with Crippen LogP contribution in [0.2, 0.25) is 10.0 Å². The SMILES string of the molecule is O=C1S/C(=C\c2cccc([N+](=O)[O-])c2O)C(=O)N1Cc1ccc(Cl)c(Cl)c1. The van der Waals surface area contributed by atoms with E-state index in [-0.39, 0.29) is 17.0 Å². The first-order chi connectivity index (χ1) is 12.8. The summed E-state index contributed by atoms with van der Waals surface area (Å²) in [5.41, 5.74) is 0.203. The molecule has 7 nitrogen and oxygen atoms in total. The van der Waals surface area contributed by atoms with E-state index in [1.165, 1.54) is 18.2 Å². The molecule has 1 heterocycles. The number of imide groups is 1. The second kappa shape index (κ2) is 7.59. The highest BCUT2D eigenvalue weighted by molar-refractivity contribution is 8.18. The Morgan fingerprint density at radius 2 is 1.93 bits per heavy atom. The zero-order valence-corrected chi connectivity index (χ0v) is 15.7. The number of phenols is 1. The number of rotatable bonds is 4. The fourth-order valence-corrected chi connectivity index (χ4v) is 3.56. The summed E-state index contributed by atoms with van der Waals surface area (Å²) in [6.45, 7) is -0.000183. The van der Waals surface area contributed by atoms with Crippen molar-refractivity contribution < 1.29 is 19.6 Å². The van der Waals surface area contributed by atoms with Crippen molar-refractivity contribution in [3.63, 3.8) is 0 Å². The van der Waals surface area contributed by atoms with Gasteiger partial charge >= 0.3 is 5.69 Å². The summed E-state index contributed by atoms with van der Waals surface area (Å²) >= 11 is 12.5. The van der Waals surface area contributed by atoms with E-state index in [2.05, 4.69) is 0 Å². The van der Waals surface area contributed by atoms with Crippen molar-refractivity contribution >= 4 is 57.9 Å². The first-order valence-corrected chi connectivity index (χ1v) is 9.01. The van der Waals surface area contributed by atoms with Crippen molar-refractivity contribution in [2.45, 2.75) is 6.54 Å². The standard InChI is InChI=1S/C17H10Cl2N2O5S/c18-11-5-4-9(6-12(11)19)8-20-16(23)14(27-17(20)24)7-10-2-1-3-13(15(10)22)21(25)26/h1-7,22H,8H2/b14-7-. The van der Waals surface area contributed by atoms with Crippen LogP contribution in [0.15, 0.2) is 41.3 Å². The number of nitrogens with zero attached hydrogens (tertiary/aromatic N) is 2. The first-order valence-electron chi connectivity index (χ1n) is 7.43. The second-order valence-corrected chi connectivity index (χ2v) is 7.30. The lowest BCUT2D eigenvalue weighted by Gasteiger charge is -2.12. The number of nitro groups is 1. The zero-order valence-electron chi connectivity index (χ0n) is 13.4. The van der Waals surface area contributed by atoms with Gasteiger partial charge in [0.25, 0.3) is 11.1 Å².